The fourth-order valence-electron chi connectivity index (χ4n) is 1.92. The number of carboxylic acid groups (broad SMARTS) is 1. The van der Waals surface area contributed by atoms with Crippen LogP contribution in [-0.4, -0.2) is 54.2 Å². The first-order chi connectivity index (χ1) is 9.50. The molecule has 7 nitrogen and oxygen atoms in total. The lowest BCUT2D eigenvalue weighted by atomic mass is 10.2. The largest absolute Gasteiger partial charge is 0.477 e. The molecule has 0 unspecified atom stereocenters. The third-order valence-corrected chi connectivity index (χ3v) is 4.97. The molecule has 20 heavy (non-hydrogen) atoms. The van der Waals surface area contributed by atoms with Gasteiger partial charge in [-0.15, -0.1) is 16.9 Å². The number of amides is 1. The Morgan fingerprint density at radius 3 is 2.95 bits per heavy atom. The van der Waals surface area contributed by atoms with Crippen molar-refractivity contribution in [2.24, 2.45) is 0 Å². The van der Waals surface area contributed by atoms with Crippen LogP contribution in [0.2, 0.25) is 0 Å². The zero-order valence-electron chi connectivity index (χ0n) is 11.0. The molecule has 0 fully saturated rings. The first-order valence-corrected chi connectivity index (χ1v) is 7.90. The van der Waals surface area contributed by atoms with E-state index in [4.69, 9.17) is 0 Å². The minimum atomic E-state index is -1.07. The number of rotatable bonds is 4. The van der Waals surface area contributed by atoms with Gasteiger partial charge < -0.3 is 5.11 Å². The van der Waals surface area contributed by atoms with E-state index in [1.165, 1.54) is 23.6 Å². The van der Waals surface area contributed by atoms with Crippen molar-refractivity contribution in [2.45, 2.75) is 24.2 Å². The Balaban J connectivity index is 2.25. The Morgan fingerprint density at radius 1 is 1.65 bits per heavy atom. The van der Waals surface area contributed by atoms with Crippen LogP contribution in [0.5, 0.6) is 0 Å². The molecule has 1 aromatic heterocycles. The number of carbonyl (C=O) groups excluding carboxylic acids is 1. The normalized spacial score (nSPS) is 19.3. The maximum absolute atomic E-state index is 11.7. The number of aromatic amines is 1. The molecule has 0 aliphatic carbocycles. The van der Waals surface area contributed by atoms with E-state index in [-0.39, 0.29) is 17.0 Å². The number of aliphatic carboxylic acids is 1. The van der Waals surface area contributed by atoms with Crippen LogP contribution in [0, 0.1) is 0 Å². The summed E-state index contributed by atoms with van der Waals surface area (Å²) in [7, 11) is 0. The zero-order chi connectivity index (χ0) is 14.7. The molecule has 0 bridgehead atoms. The summed E-state index contributed by atoms with van der Waals surface area (Å²) < 4.78 is 0. The molecule has 1 atom stereocenters. The first kappa shape index (κ1) is 14.9. The third-order valence-electron chi connectivity index (χ3n) is 2.77. The van der Waals surface area contributed by atoms with Crippen molar-refractivity contribution in [3.8, 4) is 0 Å². The number of hydrogen-bond acceptors (Lipinski definition) is 6. The molecule has 0 aromatic carbocycles. The lowest BCUT2D eigenvalue weighted by molar-refractivity contribution is -0.139. The van der Waals surface area contributed by atoms with Crippen LogP contribution in [0.4, 0.5) is 0 Å². The van der Waals surface area contributed by atoms with Crippen LogP contribution in [0.1, 0.15) is 13.8 Å². The summed E-state index contributed by atoms with van der Waals surface area (Å²) >= 11 is 2.94. The lowest BCUT2D eigenvalue weighted by Gasteiger charge is -2.34. The molecule has 108 valence electrons. The molecule has 2 rings (SSSR count). The van der Waals surface area contributed by atoms with Gasteiger partial charge in [-0.2, -0.15) is 0 Å². The number of H-pyrrole nitrogens is 1. The highest BCUT2D eigenvalue weighted by Crippen LogP contribution is 2.33. The second-order valence-electron chi connectivity index (χ2n) is 4.16. The Hall–Kier alpha value is -1.48. The van der Waals surface area contributed by atoms with E-state index < -0.39 is 5.97 Å². The molecule has 0 radical (unpaired) electrons. The van der Waals surface area contributed by atoms with Crippen molar-refractivity contribution < 1.29 is 14.7 Å². The Bertz CT molecular complexity index is 544. The van der Waals surface area contributed by atoms with E-state index >= 15 is 0 Å². The molecule has 2 N–H and O–H groups in total. The van der Waals surface area contributed by atoms with Crippen molar-refractivity contribution in [1.29, 1.82) is 0 Å². The Kier molecular flexibility index (Phi) is 4.71. The second-order valence-corrected chi connectivity index (χ2v) is 6.46. The van der Waals surface area contributed by atoms with Crippen molar-refractivity contribution in [2.75, 3.05) is 11.5 Å². The van der Waals surface area contributed by atoms with Crippen molar-refractivity contribution in [3.63, 3.8) is 0 Å². The average Bonchev–Trinajstić information content (AvgIpc) is 2.89. The molecule has 0 saturated heterocycles. The molecule has 1 aliphatic rings. The maximum atomic E-state index is 11.7. The van der Waals surface area contributed by atoms with Gasteiger partial charge in [-0.05, 0) is 12.5 Å². The molecule has 0 saturated carbocycles. The zero-order valence-corrected chi connectivity index (χ0v) is 12.6. The lowest BCUT2D eigenvalue weighted by Crippen LogP contribution is -2.41. The summed E-state index contributed by atoms with van der Waals surface area (Å²) in [6.45, 7) is 3.21. The summed E-state index contributed by atoms with van der Waals surface area (Å²) in [6, 6.07) is 0. The van der Waals surface area contributed by atoms with Crippen LogP contribution in [0.3, 0.4) is 0 Å². The standard InChI is InChI=1S/C11H14N4O3S2/c1-6(16)15-7(2)19-4-8(10(15)11(17)18)5-20-9-3-12-14-13-9/h3,7H,4-5H2,1-2H3,(H,17,18)(H,12,13,14)/t7-/m1/s1. The summed E-state index contributed by atoms with van der Waals surface area (Å²) in [6.07, 6.45) is 1.65. The molecular weight excluding hydrogens is 300 g/mol. The third kappa shape index (κ3) is 3.15. The van der Waals surface area contributed by atoms with Crippen LogP contribution < -0.4 is 0 Å². The average molecular weight is 314 g/mol. The van der Waals surface area contributed by atoms with Crippen LogP contribution >= 0.6 is 23.5 Å². The number of aromatic nitrogens is 3. The van der Waals surface area contributed by atoms with Gasteiger partial charge in [-0.1, -0.05) is 17.0 Å². The predicted octanol–water partition coefficient (Wildman–Crippen LogP) is 1.18. The second kappa shape index (κ2) is 6.31. The monoisotopic (exact) mass is 314 g/mol. The van der Waals surface area contributed by atoms with E-state index in [0.717, 1.165) is 5.57 Å². The fraction of sp³-hybridized carbons (Fsp3) is 0.455. The number of hydrogen-bond donors (Lipinski definition) is 2. The molecule has 0 spiro atoms. The van der Waals surface area contributed by atoms with Crippen molar-refractivity contribution in [3.05, 3.63) is 17.5 Å². The fourth-order valence-corrected chi connectivity index (χ4v) is 3.93. The smallest absolute Gasteiger partial charge is 0.352 e. The van der Waals surface area contributed by atoms with E-state index in [2.05, 4.69) is 15.4 Å². The highest BCUT2D eigenvalue weighted by molar-refractivity contribution is 8.00. The van der Waals surface area contributed by atoms with E-state index in [1.807, 2.05) is 6.92 Å². The van der Waals surface area contributed by atoms with E-state index in [9.17, 15) is 14.7 Å². The van der Waals surface area contributed by atoms with Crippen LogP contribution in [-0.2, 0) is 9.59 Å². The van der Waals surface area contributed by atoms with Crippen LogP contribution in [0.25, 0.3) is 0 Å². The highest BCUT2D eigenvalue weighted by Gasteiger charge is 2.33. The Labute approximate surface area is 124 Å². The van der Waals surface area contributed by atoms with Gasteiger partial charge >= 0.3 is 5.97 Å². The van der Waals surface area contributed by atoms with Gasteiger partial charge in [0.15, 0.2) is 0 Å². The van der Waals surface area contributed by atoms with Gasteiger partial charge in [0.1, 0.15) is 10.7 Å². The van der Waals surface area contributed by atoms with Crippen molar-refractivity contribution in [1.82, 2.24) is 20.3 Å². The minimum absolute atomic E-state index is 0.0970. The summed E-state index contributed by atoms with van der Waals surface area (Å²) in [5.74, 6) is -0.260. The summed E-state index contributed by atoms with van der Waals surface area (Å²) in [4.78, 5) is 24.5. The van der Waals surface area contributed by atoms with Gasteiger partial charge in [0.25, 0.3) is 0 Å². The molecule has 1 aliphatic heterocycles. The highest BCUT2D eigenvalue weighted by atomic mass is 32.2. The number of thioether (sulfide) groups is 2. The number of nitrogens with zero attached hydrogens (tertiary/aromatic N) is 3. The predicted molar refractivity (Wildman–Crippen MR) is 76.2 cm³/mol. The summed E-state index contributed by atoms with van der Waals surface area (Å²) in [5.41, 5.74) is 0.823. The van der Waals surface area contributed by atoms with Gasteiger partial charge in [-0.3, -0.25) is 14.8 Å². The molecular formula is C11H14N4O3S2. The number of carboxylic acids is 1. The maximum Gasteiger partial charge on any atom is 0.352 e. The Morgan fingerprint density at radius 2 is 2.40 bits per heavy atom. The van der Waals surface area contributed by atoms with E-state index in [0.29, 0.717) is 16.5 Å². The number of carbonyl (C=O) groups is 2. The number of nitrogens with one attached hydrogen (secondary N) is 1. The minimum Gasteiger partial charge on any atom is -0.477 e. The molecule has 1 amide bonds. The van der Waals surface area contributed by atoms with Gasteiger partial charge in [0.2, 0.25) is 5.91 Å². The topological polar surface area (TPSA) is 99.2 Å². The molecule has 1 aromatic rings. The molecule has 9 heteroatoms. The molecule has 2 heterocycles. The summed E-state index contributed by atoms with van der Waals surface area (Å²) in [5, 5.41) is 20.0. The van der Waals surface area contributed by atoms with E-state index in [1.54, 1.807) is 18.0 Å². The first-order valence-electron chi connectivity index (χ1n) is 5.86. The quantitative estimate of drug-likeness (QED) is 0.805. The van der Waals surface area contributed by atoms with Crippen LogP contribution in [0.15, 0.2) is 22.5 Å². The van der Waals surface area contributed by atoms with Gasteiger partial charge in [0.05, 0.1) is 11.6 Å². The van der Waals surface area contributed by atoms with Crippen molar-refractivity contribution >= 4 is 35.4 Å². The van der Waals surface area contributed by atoms with Gasteiger partial charge in [0, 0.05) is 18.4 Å². The SMILES string of the molecule is CC(=O)N1C(C(=O)O)=C(CSc2c[nH]nn2)CS[C@@H]1C. The van der Waals surface area contributed by atoms with Gasteiger partial charge in [-0.25, -0.2) is 4.79 Å².